The molecule has 2 nitrogen and oxygen atoms in total. The van der Waals surface area contributed by atoms with Crippen LogP contribution in [0.4, 0.5) is 0 Å². The highest BCUT2D eigenvalue weighted by atomic mass is 16.1. The van der Waals surface area contributed by atoms with E-state index >= 15 is 0 Å². The van der Waals surface area contributed by atoms with Crippen molar-refractivity contribution in [3.63, 3.8) is 0 Å². The van der Waals surface area contributed by atoms with Gasteiger partial charge in [0, 0.05) is 6.42 Å². The third-order valence-corrected chi connectivity index (χ3v) is 8.51. The van der Waals surface area contributed by atoms with Crippen LogP contribution in [0.5, 0.6) is 0 Å². The lowest BCUT2D eigenvalue weighted by Gasteiger charge is -2.59. The van der Waals surface area contributed by atoms with Crippen molar-refractivity contribution in [1.82, 2.24) is 0 Å². The Labute approximate surface area is 145 Å². The fraction of sp³-hybridized carbons (Fsp3) is 0.727. The highest BCUT2D eigenvalue weighted by Crippen LogP contribution is 2.75. The highest BCUT2D eigenvalue weighted by Gasteiger charge is 2.68. The molecule has 2 heteroatoms. The van der Waals surface area contributed by atoms with Crippen LogP contribution in [0.25, 0.3) is 0 Å². The lowest BCUT2D eigenvalue weighted by atomic mass is 9.43. The summed E-state index contributed by atoms with van der Waals surface area (Å²) in [5.74, 6) is 1.78. The van der Waals surface area contributed by atoms with E-state index in [9.17, 15) is 10.1 Å². The van der Waals surface area contributed by atoms with Gasteiger partial charge in [-0.25, -0.2) is 0 Å². The molecular weight excluding hydrogens is 294 g/mol. The van der Waals surface area contributed by atoms with E-state index in [1.165, 1.54) is 36.8 Å². The van der Waals surface area contributed by atoms with Gasteiger partial charge in [-0.15, -0.1) is 0 Å². The summed E-state index contributed by atoms with van der Waals surface area (Å²) in [7, 11) is 0. The van der Waals surface area contributed by atoms with Crippen molar-refractivity contribution in [3.8, 4) is 6.07 Å². The Morgan fingerprint density at radius 2 is 2.08 bits per heavy atom. The van der Waals surface area contributed by atoms with Gasteiger partial charge in [-0.05, 0) is 86.0 Å². The molecule has 0 heterocycles. The molecule has 24 heavy (non-hydrogen) atoms. The first-order valence-corrected chi connectivity index (χ1v) is 9.75. The summed E-state index contributed by atoms with van der Waals surface area (Å²) < 4.78 is 0. The predicted molar refractivity (Wildman–Crippen MR) is 92.8 cm³/mol. The molecule has 0 unspecified atom stereocenters. The van der Waals surface area contributed by atoms with E-state index in [0.29, 0.717) is 30.0 Å². The van der Waals surface area contributed by atoms with E-state index in [4.69, 9.17) is 0 Å². The van der Waals surface area contributed by atoms with E-state index < -0.39 is 0 Å². The van der Waals surface area contributed by atoms with Gasteiger partial charge in [-0.2, -0.15) is 5.26 Å². The van der Waals surface area contributed by atoms with E-state index in [0.717, 1.165) is 25.7 Å². The molecule has 0 radical (unpaired) electrons. The molecule has 5 aliphatic rings. The molecule has 0 aromatic rings. The number of allylic oxidation sites excluding steroid dienone is 2. The van der Waals surface area contributed by atoms with Crippen LogP contribution in [0.1, 0.15) is 64.7 Å². The van der Waals surface area contributed by atoms with Crippen molar-refractivity contribution in [2.45, 2.75) is 64.7 Å². The van der Waals surface area contributed by atoms with Gasteiger partial charge in [0.05, 0.1) is 11.5 Å². The highest BCUT2D eigenvalue weighted by molar-refractivity contribution is 5.91. The van der Waals surface area contributed by atoms with E-state index in [1.54, 1.807) is 0 Å². The molecule has 4 fully saturated rings. The Balaban J connectivity index is 1.65. The SMILES string of the molecule is C=C1C[C@H]2[C@](C)(CC[C@@H]3[C@H]4CCC(=O)C=C4C4(CC4)C[C@]32C#N)C1. The lowest BCUT2D eigenvalue weighted by molar-refractivity contribution is -0.117. The summed E-state index contributed by atoms with van der Waals surface area (Å²) >= 11 is 0. The van der Waals surface area contributed by atoms with E-state index in [2.05, 4.69) is 19.6 Å². The minimum Gasteiger partial charge on any atom is -0.295 e. The average Bonchev–Trinajstić information content (AvgIpc) is 3.23. The van der Waals surface area contributed by atoms with Gasteiger partial charge in [0.1, 0.15) is 0 Å². The number of carbonyl (C=O) groups excluding carboxylic acids is 1. The fourth-order valence-electron chi connectivity index (χ4n) is 7.43. The summed E-state index contributed by atoms with van der Waals surface area (Å²) in [5, 5.41) is 10.5. The average molecular weight is 321 g/mol. The molecule has 5 aliphatic carbocycles. The summed E-state index contributed by atoms with van der Waals surface area (Å²) in [6.07, 6.45) is 11.7. The molecule has 5 atom stereocenters. The van der Waals surface area contributed by atoms with Gasteiger partial charge in [-0.1, -0.05) is 24.6 Å². The van der Waals surface area contributed by atoms with Crippen LogP contribution in [-0.2, 0) is 4.79 Å². The third kappa shape index (κ3) is 1.69. The maximum absolute atomic E-state index is 12.1. The maximum atomic E-state index is 12.1. The number of nitrogens with zero attached hydrogens (tertiary/aromatic N) is 1. The topological polar surface area (TPSA) is 40.9 Å². The molecule has 0 aliphatic heterocycles. The minimum atomic E-state index is -0.175. The molecule has 0 amide bonds. The summed E-state index contributed by atoms with van der Waals surface area (Å²) in [5.41, 5.74) is 3.13. The first-order valence-electron chi connectivity index (χ1n) is 9.75. The van der Waals surface area contributed by atoms with Crippen LogP contribution in [0, 0.1) is 45.3 Å². The lowest BCUT2D eigenvalue weighted by Crippen LogP contribution is -2.55. The van der Waals surface area contributed by atoms with Gasteiger partial charge in [0.15, 0.2) is 5.78 Å². The van der Waals surface area contributed by atoms with Crippen molar-refractivity contribution in [2.24, 2.45) is 34.0 Å². The van der Waals surface area contributed by atoms with Crippen molar-refractivity contribution < 1.29 is 4.79 Å². The van der Waals surface area contributed by atoms with E-state index in [-0.39, 0.29) is 16.2 Å². The monoisotopic (exact) mass is 321 g/mol. The number of hydrogen-bond donors (Lipinski definition) is 0. The number of hydrogen-bond acceptors (Lipinski definition) is 2. The van der Waals surface area contributed by atoms with Crippen molar-refractivity contribution in [1.29, 1.82) is 5.26 Å². The van der Waals surface area contributed by atoms with Crippen molar-refractivity contribution in [2.75, 3.05) is 0 Å². The Morgan fingerprint density at radius 3 is 2.79 bits per heavy atom. The Bertz CT molecular complexity index is 721. The van der Waals surface area contributed by atoms with Crippen LogP contribution in [0.15, 0.2) is 23.8 Å². The molecule has 0 aromatic heterocycles. The van der Waals surface area contributed by atoms with Crippen LogP contribution >= 0.6 is 0 Å². The molecule has 0 saturated heterocycles. The Kier molecular flexibility index (Phi) is 2.75. The van der Waals surface area contributed by atoms with Crippen LogP contribution in [-0.4, -0.2) is 5.78 Å². The molecule has 0 N–H and O–H groups in total. The van der Waals surface area contributed by atoms with Gasteiger partial charge in [0.25, 0.3) is 0 Å². The largest absolute Gasteiger partial charge is 0.295 e. The number of nitriles is 1. The zero-order valence-corrected chi connectivity index (χ0v) is 14.7. The maximum Gasteiger partial charge on any atom is 0.155 e. The standard InChI is InChI=1S/C22H27NO/c1-14-9-19-20(2,11-14)6-5-17-16-4-3-15(24)10-18(16)21(7-8-21)12-22(17,19)13-23/h10,16-17,19H,1,3-9,11-12H2,2H3/t16-,17-,19+,20-,22+/m1/s1. The molecule has 0 bridgehead atoms. The molecule has 0 aromatic carbocycles. The normalized spacial score (nSPS) is 48.2. The zero-order valence-electron chi connectivity index (χ0n) is 14.7. The second-order valence-corrected chi connectivity index (χ2v) is 9.80. The number of ketones is 1. The predicted octanol–water partition coefficient (Wildman–Crippen LogP) is 4.97. The first kappa shape index (κ1) is 14.9. The first-order chi connectivity index (χ1) is 11.4. The van der Waals surface area contributed by atoms with Crippen molar-refractivity contribution in [3.05, 3.63) is 23.8 Å². The molecule has 5 rings (SSSR count). The van der Waals surface area contributed by atoms with Gasteiger partial charge >= 0.3 is 0 Å². The van der Waals surface area contributed by atoms with Crippen LogP contribution < -0.4 is 0 Å². The van der Waals surface area contributed by atoms with Crippen LogP contribution in [0.3, 0.4) is 0 Å². The van der Waals surface area contributed by atoms with Gasteiger partial charge < -0.3 is 0 Å². The summed E-state index contributed by atoms with van der Waals surface area (Å²) in [6, 6.07) is 2.92. The summed E-state index contributed by atoms with van der Waals surface area (Å²) in [6.45, 7) is 6.72. The third-order valence-electron chi connectivity index (χ3n) is 8.51. The van der Waals surface area contributed by atoms with Gasteiger partial charge in [-0.3, -0.25) is 4.79 Å². The number of carbonyl (C=O) groups is 1. The zero-order chi connectivity index (χ0) is 16.7. The Morgan fingerprint density at radius 1 is 1.29 bits per heavy atom. The molecule has 126 valence electrons. The van der Waals surface area contributed by atoms with Crippen molar-refractivity contribution >= 4 is 5.78 Å². The quantitative estimate of drug-likeness (QED) is 0.591. The number of fused-ring (bicyclic) bond motifs is 6. The van der Waals surface area contributed by atoms with Gasteiger partial charge in [0.2, 0.25) is 0 Å². The molecule has 1 spiro atoms. The fourth-order valence-corrected chi connectivity index (χ4v) is 7.43. The van der Waals surface area contributed by atoms with E-state index in [1.807, 2.05) is 6.08 Å². The second-order valence-electron chi connectivity index (χ2n) is 9.80. The minimum absolute atomic E-state index is 0.175. The van der Waals surface area contributed by atoms with Crippen LogP contribution in [0.2, 0.25) is 0 Å². The molecular formula is C22H27NO. The number of rotatable bonds is 0. The molecule has 4 saturated carbocycles. The summed E-state index contributed by atoms with van der Waals surface area (Å²) in [4.78, 5) is 12.1. The Hall–Kier alpha value is -1.36. The second kappa shape index (κ2) is 4.43. The smallest absolute Gasteiger partial charge is 0.155 e.